The molecule has 4 nitrogen and oxygen atoms in total. The summed E-state index contributed by atoms with van der Waals surface area (Å²) in [6.07, 6.45) is 3.45. The number of benzene rings is 1. The third kappa shape index (κ3) is 3.20. The Labute approximate surface area is 122 Å². The average molecular weight is 373 g/mol. The fourth-order valence-corrected chi connectivity index (χ4v) is 2.85. The first-order chi connectivity index (χ1) is 8.70. The Morgan fingerprint density at radius 2 is 1.78 bits per heavy atom. The van der Waals surface area contributed by atoms with Crippen LogP contribution in [0, 0.1) is 0 Å². The number of methoxy groups -OCH3 is 1. The molecule has 94 valence electrons. The first kappa shape index (κ1) is 13.3. The monoisotopic (exact) mass is 371 g/mol. The Bertz CT molecular complexity index is 511. The Kier molecular flexibility index (Phi) is 4.54. The van der Waals surface area contributed by atoms with Gasteiger partial charge in [0.2, 0.25) is 0 Å². The van der Waals surface area contributed by atoms with E-state index in [-0.39, 0.29) is 0 Å². The summed E-state index contributed by atoms with van der Waals surface area (Å²) in [5, 5.41) is 3.27. The van der Waals surface area contributed by atoms with E-state index in [1.807, 2.05) is 12.1 Å². The van der Waals surface area contributed by atoms with E-state index in [1.54, 1.807) is 25.6 Å². The molecule has 1 heterocycles. The van der Waals surface area contributed by atoms with Crippen LogP contribution in [0.25, 0.3) is 0 Å². The van der Waals surface area contributed by atoms with Gasteiger partial charge in [-0.2, -0.15) is 0 Å². The highest BCUT2D eigenvalue weighted by atomic mass is 79.9. The summed E-state index contributed by atoms with van der Waals surface area (Å²) in [5.74, 6) is 1.53. The minimum atomic E-state index is 0.560. The highest BCUT2D eigenvalue weighted by Gasteiger charge is 2.08. The number of rotatable bonds is 4. The van der Waals surface area contributed by atoms with Crippen LogP contribution >= 0.6 is 31.9 Å². The molecule has 0 bridgehead atoms. The Balaban J connectivity index is 2.15. The Morgan fingerprint density at radius 3 is 2.33 bits per heavy atom. The second kappa shape index (κ2) is 6.15. The summed E-state index contributed by atoms with van der Waals surface area (Å²) < 4.78 is 7.02. The van der Waals surface area contributed by atoms with Crippen molar-refractivity contribution in [3.05, 3.63) is 45.4 Å². The van der Waals surface area contributed by atoms with E-state index in [2.05, 4.69) is 47.1 Å². The topological polar surface area (TPSA) is 47.0 Å². The smallest absolute Gasteiger partial charge is 0.147 e. The summed E-state index contributed by atoms with van der Waals surface area (Å²) in [7, 11) is 1.64. The molecule has 0 spiro atoms. The van der Waals surface area contributed by atoms with Crippen molar-refractivity contribution in [1.82, 2.24) is 9.97 Å². The van der Waals surface area contributed by atoms with Gasteiger partial charge in [0.05, 0.1) is 19.3 Å². The van der Waals surface area contributed by atoms with E-state index < -0.39 is 0 Å². The predicted molar refractivity (Wildman–Crippen MR) is 77.8 cm³/mol. The van der Waals surface area contributed by atoms with Crippen LogP contribution in [0.5, 0.6) is 5.75 Å². The van der Waals surface area contributed by atoms with Gasteiger partial charge in [-0.15, -0.1) is 0 Å². The van der Waals surface area contributed by atoms with Crippen LogP contribution in [0.1, 0.15) is 5.82 Å². The number of halogens is 2. The average Bonchev–Trinajstić information content (AvgIpc) is 2.38. The van der Waals surface area contributed by atoms with Crippen LogP contribution < -0.4 is 10.1 Å². The van der Waals surface area contributed by atoms with Crippen LogP contribution in [0.15, 0.2) is 39.5 Å². The fraction of sp³-hybridized carbons (Fsp3) is 0.167. The summed E-state index contributed by atoms with van der Waals surface area (Å²) in [5.41, 5.74) is 0.947. The molecular formula is C12H11Br2N3O. The molecule has 18 heavy (non-hydrogen) atoms. The van der Waals surface area contributed by atoms with E-state index in [1.165, 1.54) is 0 Å². The maximum absolute atomic E-state index is 5.18. The van der Waals surface area contributed by atoms with E-state index in [9.17, 15) is 0 Å². The molecule has 0 aliphatic heterocycles. The van der Waals surface area contributed by atoms with Gasteiger partial charge in [-0.3, -0.25) is 0 Å². The molecule has 1 aromatic heterocycles. The van der Waals surface area contributed by atoms with Gasteiger partial charge < -0.3 is 10.1 Å². The lowest BCUT2D eigenvalue weighted by atomic mass is 10.3. The molecule has 0 aliphatic rings. The molecule has 0 atom stereocenters. The molecule has 2 aromatic rings. The summed E-state index contributed by atoms with van der Waals surface area (Å²) >= 11 is 7.00. The van der Waals surface area contributed by atoms with Crippen molar-refractivity contribution in [2.45, 2.75) is 6.54 Å². The van der Waals surface area contributed by atoms with E-state index in [0.29, 0.717) is 6.54 Å². The zero-order chi connectivity index (χ0) is 13.0. The number of aromatic nitrogens is 2. The lowest BCUT2D eigenvalue weighted by Gasteiger charge is -2.11. The molecule has 2 rings (SSSR count). The van der Waals surface area contributed by atoms with Crippen molar-refractivity contribution < 1.29 is 4.74 Å². The number of nitrogens with one attached hydrogen (secondary N) is 1. The summed E-state index contributed by atoms with van der Waals surface area (Å²) in [6, 6.07) is 5.60. The van der Waals surface area contributed by atoms with Crippen LogP contribution in [0.4, 0.5) is 5.69 Å². The molecule has 0 radical (unpaired) electrons. The normalized spacial score (nSPS) is 10.2. The summed E-state index contributed by atoms with van der Waals surface area (Å²) in [6.45, 7) is 0.560. The minimum Gasteiger partial charge on any atom is -0.497 e. The zero-order valence-corrected chi connectivity index (χ0v) is 12.8. The van der Waals surface area contributed by atoms with Gasteiger partial charge in [0.25, 0.3) is 0 Å². The minimum absolute atomic E-state index is 0.560. The molecule has 0 fully saturated rings. The number of anilines is 1. The van der Waals surface area contributed by atoms with Crippen molar-refractivity contribution in [2.24, 2.45) is 0 Å². The first-order valence-electron chi connectivity index (χ1n) is 5.23. The Hall–Kier alpha value is -1.14. The molecule has 1 N–H and O–H groups in total. The number of hydrogen-bond acceptors (Lipinski definition) is 4. The van der Waals surface area contributed by atoms with Crippen LogP contribution in [-0.4, -0.2) is 17.1 Å². The van der Waals surface area contributed by atoms with Crippen molar-refractivity contribution in [2.75, 3.05) is 12.4 Å². The molecule has 0 aliphatic carbocycles. The maximum atomic E-state index is 5.18. The van der Waals surface area contributed by atoms with Crippen molar-refractivity contribution in [1.29, 1.82) is 0 Å². The van der Waals surface area contributed by atoms with Gasteiger partial charge in [-0.25, -0.2) is 9.97 Å². The fourth-order valence-electron chi connectivity index (χ4n) is 1.43. The SMILES string of the molecule is COc1cc(Br)c(NCc2ncccn2)c(Br)c1. The zero-order valence-electron chi connectivity index (χ0n) is 9.65. The van der Waals surface area contributed by atoms with Gasteiger partial charge in [-0.1, -0.05) is 0 Å². The Morgan fingerprint density at radius 1 is 1.17 bits per heavy atom. The third-order valence-electron chi connectivity index (χ3n) is 2.29. The molecule has 0 unspecified atom stereocenters. The van der Waals surface area contributed by atoms with E-state index >= 15 is 0 Å². The molecule has 6 heteroatoms. The highest BCUT2D eigenvalue weighted by molar-refractivity contribution is 9.11. The van der Waals surface area contributed by atoms with Crippen LogP contribution in [0.3, 0.4) is 0 Å². The number of hydrogen-bond donors (Lipinski definition) is 1. The predicted octanol–water partition coefficient (Wildman–Crippen LogP) is 3.62. The van der Waals surface area contributed by atoms with Crippen LogP contribution in [-0.2, 0) is 6.54 Å². The van der Waals surface area contributed by atoms with Gasteiger partial charge >= 0.3 is 0 Å². The van der Waals surface area contributed by atoms with Crippen molar-refractivity contribution in [3.63, 3.8) is 0 Å². The second-order valence-electron chi connectivity index (χ2n) is 3.48. The molecule has 0 saturated carbocycles. The lowest BCUT2D eigenvalue weighted by Crippen LogP contribution is -2.04. The first-order valence-corrected chi connectivity index (χ1v) is 6.82. The van der Waals surface area contributed by atoms with Crippen LogP contribution in [0.2, 0.25) is 0 Å². The second-order valence-corrected chi connectivity index (χ2v) is 5.19. The van der Waals surface area contributed by atoms with Gasteiger partial charge in [0.15, 0.2) is 0 Å². The third-order valence-corrected chi connectivity index (χ3v) is 3.54. The molecule has 1 aromatic carbocycles. The lowest BCUT2D eigenvalue weighted by molar-refractivity contribution is 0.414. The maximum Gasteiger partial charge on any atom is 0.147 e. The quantitative estimate of drug-likeness (QED) is 0.890. The van der Waals surface area contributed by atoms with Crippen molar-refractivity contribution in [3.8, 4) is 5.75 Å². The number of nitrogens with zero attached hydrogens (tertiary/aromatic N) is 2. The molecule has 0 amide bonds. The van der Waals surface area contributed by atoms with Gasteiger partial charge in [0, 0.05) is 21.3 Å². The van der Waals surface area contributed by atoms with Crippen molar-refractivity contribution >= 4 is 37.5 Å². The van der Waals surface area contributed by atoms with Gasteiger partial charge in [0.1, 0.15) is 11.6 Å². The highest BCUT2D eigenvalue weighted by Crippen LogP contribution is 2.35. The largest absolute Gasteiger partial charge is 0.497 e. The van der Waals surface area contributed by atoms with E-state index in [4.69, 9.17) is 4.74 Å². The molecular weight excluding hydrogens is 362 g/mol. The standard InChI is InChI=1S/C12H11Br2N3O/c1-18-8-5-9(13)12(10(14)6-8)17-7-11-15-3-2-4-16-11/h2-6,17H,7H2,1H3. The van der Waals surface area contributed by atoms with Gasteiger partial charge in [-0.05, 0) is 50.1 Å². The molecule has 0 saturated heterocycles. The summed E-state index contributed by atoms with van der Waals surface area (Å²) in [4.78, 5) is 8.32. The number of ether oxygens (including phenoxy) is 1. The van der Waals surface area contributed by atoms with E-state index in [0.717, 1.165) is 26.2 Å².